The average molecular weight is 313 g/mol. The number of aliphatic hydroxyl groups excluding tert-OH is 1. The third-order valence-corrected chi connectivity index (χ3v) is 5.28. The fraction of sp³-hybridized carbons (Fsp3) is 0.500. The first-order chi connectivity index (χ1) is 9.56. The van der Waals surface area contributed by atoms with Gasteiger partial charge in [-0.15, -0.1) is 16.4 Å². The maximum atomic E-state index is 11.1. The number of nitrogens with zero attached hydrogens (tertiary/aromatic N) is 5. The Kier molecular flexibility index (Phi) is 3.44. The molecule has 2 heterocycles. The highest BCUT2D eigenvalue weighted by atomic mass is 32.2. The van der Waals surface area contributed by atoms with E-state index in [2.05, 4.69) is 15.5 Å². The predicted molar refractivity (Wildman–Crippen MR) is 71.8 cm³/mol. The molecule has 0 unspecified atom stereocenters. The minimum atomic E-state index is -0.729. The summed E-state index contributed by atoms with van der Waals surface area (Å²) in [5, 5.41) is 32.6. The van der Waals surface area contributed by atoms with Crippen LogP contribution in [0.5, 0.6) is 0 Å². The number of rotatable bonds is 5. The van der Waals surface area contributed by atoms with Crippen LogP contribution in [0.15, 0.2) is 15.4 Å². The Hall–Kier alpha value is -1.52. The lowest BCUT2D eigenvalue weighted by Crippen LogP contribution is -1.98. The van der Waals surface area contributed by atoms with Crippen molar-refractivity contribution in [2.75, 3.05) is 0 Å². The molecule has 8 nitrogen and oxygen atoms in total. The molecule has 2 aromatic rings. The Morgan fingerprint density at radius 3 is 3.00 bits per heavy atom. The molecule has 1 saturated carbocycles. The van der Waals surface area contributed by atoms with E-state index in [4.69, 9.17) is 0 Å². The van der Waals surface area contributed by atoms with Crippen molar-refractivity contribution in [3.8, 4) is 0 Å². The summed E-state index contributed by atoms with van der Waals surface area (Å²) in [5.41, 5.74) is -0.0127. The first-order valence-corrected chi connectivity index (χ1v) is 7.61. The molecule has 1 fully saturated rings. The number of nitro groups is 1. The molecule has 0 saturated heterocycles. The number of tetrazole rings is 1. The van der Waals surface area contributed by atoms with Crippen molar-refractivity contribution >= 4 is 28.8 Å². The zero-order valence-corrected chi connectivity index (χ0v) is 12.1. The third-order valence-electron chi connectivity index (χ3n) is 2.85. The van der Waals surface area contributed by atoms with Gasteiger partial charge < -0.3 is 5.11 Å². The molecule has 0 aromatic carbocycles. The average Bonchev–Trinajstić information content (AvgIpc) is 2.97. The summed E-state index contributed by atoms with van der Waals surface area (Å²) in [4.78, 5) is 11.2. The summed E-state index contributed by atoms with van der Waals surface area (Å²) in [5.74, 6) is 0. The molecule has 1 atom stereocenters. The standard InChI is InChI=1S/C10H11N5O3S2/c1-5(16)8-4-7(15(17)18)9(19-8)20-10-11-12-13-14(10)6-2-3-6/h4-6,16H,2-3H2,1H3/t5-/m0/s1. The molecule has 0 aliphatic heterocycles. The van der Waals surface area contributed by atoms with Crippen molar-refractivity contribution in [1.29, 1.82) is 0 Å². The molecule has 1 aliphatic carbocycles. The molecule has 20 heavy (non-hydrogen) atoms. The van der Waals surface area contributed by atoms with Gasteiger partial charge in [-0.05, 0) is 42.0 Å². The molecule has 3 rings (SSSR count). The Labute approximate surface area is 122 Å². The number of hydrogen-bond acceptors (Lipinski definition) is 8. The van der Waals surface area contributed by atoms with Gasteiger partial charge in [-0.3, -0.25) is 10.1 Å². The van der Waals surface area contributed by atoms with Gasteiger partial charge in [0.05, 0.1) is 17.1 Å². The molecule has 106 valence electrons. The van der Waals surface area contributed by atoms with E-state index < -0.39 is 11.0 Å². The van der Waals surface area contributed by atoms with Crippen LogP contribution in [0, 0.1) is 10.1 Å². The van der Waals surface area contributed by atoms with Gasteiger partial charge in [-0.1, -0.05) is 0 Å². The van der Waals surface area contributed by atoms with E-state index in [0.717, 1.165) is 12.8 Å². The van der Waals surface area contributed by atoms with Gasteiger partial charge >= 0.3 is 0 Å². The predicted octanol–water partition coefficient (Wildman–Crippen LogP) is 2.18. The Morgan fingerprint density at radius 2 is 2.40 bits per heavy atom. The van der Waals surface area contributed by atoms with Crippen molar-refractivity contribution in [2.24, 2.45) is 0 Å². The Morgan fingerprint density at radius 1 is 1.65 bits per heavy atom. The van der Waals surface area contributed by atoms with Gasteiger partial charge in [-0.25, -0.2) is 4.68 Å². The lowest BCUT2D eigenvalue weighted by molar-refractivity contribution is -0.387. The molecular weight excluding hydrogens is 302 g/mol. The summed E-state index contributed by atoms with van der Waals surface area (Å²) in [6.07, 6.45) is 1.33. The maximum Gasteiger partial charge on any atom is 0.294 e. The van der Waals surface area contributed by atoms with Crippen molar-refractivity contribution in [3.63, 3.8) is 0 Å². The van der Waals surface area contributed by atoms with Gasteiger partial charge in [0, 0.05) is 10.9 Å². The Bertz CT molecular complexity index is 649. The van der Waals surface area contributed by atoms with Crippen LogP contribution in [-0.4, -0.2) is 30.2 Å². The molecular formula is C10H11N5O3S2. The largest absolute Gasteiger partial charge is 0.388 e. The van der Waals surface area contributed by atoms with Crippen LogP contribution in [0.2, 0.25) is 0 Å². The van der Waals surface area contributed by atoms with Crippen LogP contribution in [0.3, 0.4) is 0 Å². The highest BCUT2D eigenvalue weighted by Crippen LogP contribution is 2.44. The first kappa shape index (κ1) is 13.5. The highest BCUT2D eigenvalue weighted by molar-refractivity contribution is 8.01. The van der Waals surface area contributed by atoms with Crippen LogP contribution in [0.1, 0.15) is 36.8 Å². The van der Waals surface area contributed by atoms with E-state index in [1.54, 1.807) is 11.6 Å². The second kappa shape index (κ2) is 5.11. The van der Waals surface area contributed by atoms with Crippen molar-refractivity contribution in [2.45, 2.75) is 41.3 Å². The second-order valence-corrected chi connectivity index (χ2v) is 6.81. The number of aromatic nitrogens is 4. The van der Waals surface area contributed by atoms with Crippen molar-refractivity contribution in [1.82, 2.24) is 20.2 Å². The van der Waals surface area contributed by atoms with E-state index in [1.165, 1.54) is 29.2 Å². The van der Waals surface area contributed by atoms with Crippen LogP contribution in [0.4, 0.5) is 5.69 Å². The summed E-state index contributed by atoms with van der Waals surface area (Å²) >= 11 is 2.37. The molecule has 2 aromatic heterocycles. The van der Waals surface area contributed by atoms with Gasteiger partial charge in [0.25, 0.3) is 5.69 Å². The molecule has 1 aliphatic rings. The normalized spacial score (nSPS) is 16.3. The monoisotopic (exact) mass is 313 g/mol. The summed E-state index contributed by atoms with van der Waals surface area (Å²) in [6.45, 7) is 1.58. The second-order valence-electron chi connectivity index (χ2n) is 4.49. The van der Waals surface area contributed by atoms with E-state index in [9.17, 15) is 15.2 Å². The van der Waals surface area contributed by atoms with Crippen LogP contribution >= 0.6 is 23.1 Å². The topological polar surface area (TPSA) is 107 Å². The Balaban J connectivity index is 1.92. The summed E-state index contributed by atoms with van der Waals surface area (Å²) in [6, 6.07) is 1.71. The van der Waals surface area contributed by atoms with Gasteiger partial charge in [0.2, 0.25) is 5.16 Å². The SMILES string of the molecule is C[C@H](O)c1cc([N+](=O)[O-])c(Sc2nnnn2C2CC2)s1. The van der Waals surface area contributed by atoms with E-state index in [1.807, 2.05) is 0 Å². The number of thiophene rings is 1. The zero-order valence-electron chi connectivity index (χ0n) is 10.5. The van der Waals surface area contributed by atoms with Crippen LogP contribution in [0.25, 0.3) is 0 Å². The van der Waals surface area contributed by atoms with Crippen LogP contribution < -0.4 is 0 Å². The van der Waals surface area contributed by atoms with E-state index in [-0.39, 0.29) is 5.69 Å². The number of aliphatic hydroxyl groups is 1. The fourth-order valence-corrected chi connectivity index (χ4v) is 3.91. The first-order valence-electron chi connectivity index (χ1n) is 5.98. The van der Waals surface area contributed by atoms with Crippen molar-refractivity contribution < 1.29 is 10.0 Å². The molecule has 1 N–H and O–H groups in total. The lowest BCUT2D eigenvalue weighted by Gasteiger charge is -2.00. The fourth-order valence-electron chi connectivity index (χ4n) is 1.67. The maximum absolute atomic E-state index is 11.1. The molecule has 0 amide bonds. The molecule has 0 bridgehead atoms. The van der Waals surface area contributed by atoms with Crippen molar-refractivity contribution in [3.05, 3.63) is 21.1 Å². The highest BCUT2D eigenvalue weighted by Gasteiger charge is 2.30. The van der Waals surface area contributed by atoms with Gasteiger partial charge in [0.15, 0.2) is 0 Å². The van der Waals surface area contributed by atoms with E-state index >= 15 is 0 Å². The minimum Gasteiger partial charge on any atom is -0.388 e. The zero-order chi connectivity index (χ0) is 14.3. The molecule has 0 spiro atoms. The summed E-state index contributed by atoms with van der Waals surface area (Å²) in [7, 11) is 0. The molecule has 0 radical (unpaired) electrons. The molecule has 10 heteroatoms. The third kappa shape index (κ3) is 2.53. The van der Waals surface area contributed by atoms with Gasteiger partial charge in [0.1, 0.15) is 4.21 Å². The quantitative estimate of drug-likeness (QED) is 0.666. The smallest absolute Gasteiger partial charge is 0.294 e. The van der Waals surface area contributed by atoms with E-state index in [0.29, 0.717) is 20.3 Å². The lowest BCUT2D eigenvalue weighted by atomic mass is 10.3. The van der Waals surface area contributed by atoms with Crippen LogP contribution in [-0.2, 0) is 0 Å². The van der Waals surface area contributed by atoms with Gasteiger partial charge in [-0.2, -0.15) is 0 Å². The number of hydrogen-bond donors (Lipinski definition) is 1. The summed E-state index contributed by atoms with van der Waals surface area (Å²) < 4.78 is 2.19. The minimum absolute atomic E-state index is 0.0127.